The molecule has 0 saturated carbocycles. The highest BCUT2D eigenvalue weighted by atomic mass is 16.5. The molecule has 0 aliphatic heterocycles. The second-order valence-electron chi connectivity index (χ2n) is 3.16. The van der Waals surface area contributed by atoms with Crippen LogP contribution >= 0.6 is 0 Å². The molecule has 1 aromatic heterocycles. The van der Waals surface area contributed by atoms with E-state index < -0.39 is 0 Å². The number of nitrogens with zero attached hydrogens (tertiary/aromatic N) is 1. The van der Waals surface area contributed by atoms with E-state index in [9.17, 15) is 4.79 Å². The summed E-state index contributed by atoms with van der Waals surface area (Å²) in [6, 6.07) is 5.31. The fourth-order valence-corrected chi connectivity index (χ4v) is 0.960. The Morgan fingerprint density at radius 2 is 2.43 bits per heavy atom. The Kier molecular flexibility index (Phi) is 4.07. The molecular weight excluding hydrogens is 180 g/mol. The van der Waals surface area contributed by atoms with Crippen molar-refractivity contribution in [2.24, 2.45) is 5.73 Å². The molecule has 0 bridgehead atoms. The SMILES string of the molecule is CC(N)CC(=O)OCc1ccccn1. The Labute approximate surface area is 83.1 Å². The van der Waals surface area contributed by atoms with Crippen molar-refractivity contribution in [1.29, 1.82) is 0 Å². The minimum Gasteiger partial charge on any atom is -0.459 e. The highest BCUT2D eigenvalue weighted by molar-refractivity contribution is 5.69. The summed E-state index contributed by atoms with van der Waals surface area (Å²) in [5.74, 6) is -0.286. The topological polar surface area (TPSA) is 65.2 Å². The van der Waals surface area contributed by atoms with Crippen LogP contribution in [-0.4, -0.2) is 17.0 Å². The third-order valence-electron chi connectivity index (χ3n) is 1.60. The molecule has 4 heteroatoms. The molecule has 76 valence electrons. The van der Waals surface area contributed by atoms with E-state index in [-0.39, 0.29) is 25.0 Å². The number of hydrogen-bond acceptors (Lipinski definition) is 4. The molecule has 1 unspecified atom stereocenters. The molecule has 1 rings (SSSR count). The molecule has 0 amide bonds. The fraction of sp³-hybridized carbons (Fsp3) is 0.400. The quantitative estimate of drug-likeness (QED) is 0.722. The van der Waals surface area contributed by atoms with Crippen LogP contribution < -0.4 is 5.73 Å². The van der Waals surface area contributed by atoms with Crippen molar-refractivity contribution >= 4 is 5.97 Å². The zero-order valence-corrected chi connectivity index (χ0v) is 8.14. The predicted octanol–water partition coefficient (Wildman–Crippen LogP) is 0.862. The summed E-state index contributed by atoms with van der Waals surface area (Å²) >= 11 is 0. The molecule has 4 nitrogen and oxygen atoms in total. The van der Waals surface area contributed by atoms with Gasteiger partial charge in [0.25, 0.3) is 0 Å². The highest BCUT2D eigenvalue weighted by Gasteiger charge is 2.06. The van der Waals surface area contributed by atoms with Gasteiger partial charge in [0.2, 0.25) is 0 Å². The van der Waals surface area contributed by atoms with Gasteiger partial charge in [-0.3, -0.25) is 9.78 Å². The molecule has 0 spiro atoms. The minimum absolute atomic E-state index is 0.161. The number of carbonyl (C=O) groups is 1. The Bertz CT molecular complexity index is 285. The van der Waals surface area contributed by atoms with Crippen LogP contribution in [0.25, 0.3) is 0 Å². The van der Waals surface area contributed by atoms with Gasteiger partial charge in [0, 0.05) is 12.2 Å². The molecule has 1 aromatic rings. The second kappa shape index (κ2) is 5.34. The number of carbonyl (C=O) groups excluding carboxylic acids is 1. The molecule has 0 aromatic carbocycles. The fourth-order valence-electron chi connectivity index (χ4n) is 0.960. The lowest BCUT2D eigenvalue weighted by Gasteiger charge is -2.05. The number of pyridine rings is 1. The average Bonchev–Trinajstić information content (AvgIpc) is 2.15. The zero-order chi connectivity index (χ0) is 10.4. The summed E-state index contributed by atoms with van der Waals surface area (Å²) < 4.78 is 4.96. The second-order valence-corrected chi connectivity index (χ2v) is 3.16. The summed E-state index contributed by atoms with van der Waals surface area (Å²) in [7, 11) is 0. The zero-order valence-electron chi connectivity index (χ0n) is 8.14. The standard InChI is InChI=1S/C10H14N2O2/c1-8(11)6-10(13)14-7-9-4-2-3-5-12-9/h2-5,8H,6-7,11H2,1H3. The largest absolute Gasteiger partial charge is 0.459 e. The molecule has 1 heterocycles. The van der Waals surface area contributed by atoms with Crippen LogP contribution in [0, 0.1) is 0 Å². The lowest BCUT2D eigenvalue weighted by atomic mass is 10.2. The van der Waals surface area contributed by atoms with Gasteiger partial charge in [-0.1, -0.05) is 6.07 Å². The third-order valence-corrected chi connectivity index (χ3v) is 1.60. The van der Waals surface area contributed by atoms with E-state index >= 15 is 0 Å². The van der Waals surface area contributed by atoms with Crippen molar-refractivity contribution in [3.05, 3.63) is 30.1 Å². The van der Waals surface area contributed by atoms with Gasteiger partial charge in [0.05, 0.1) is 12.1 Å². The van der Waals surface area contributed by atoms with E-state index in [4.69, 9.17) is 10.5 Å². The Morgan fingerprint density at radius 3 is 3.00 bits per heavy atom. The first kappa shape index (κ1) is 10.7. The van der Waals surface area contributed by atoms with Crippen LogP contribution in [0.3, 0.4) is 0 Å². The van der Waals surface area contributed by atoms with E-state index in [1.165, 1.54) is 0 Å². The van der Waals surface area contributed by atoms with Gasteiger partial charge in [-0.05, 0) is 19.1 Å². The molecule has 14 heavy (non-hydrogen) atoms. The van der Waals surface area contributed by atoms with Gasteiger partial charge in [0.1, 0.15) is 6.61 Å². The van der Waals surface area contributed by atoms with Crippen LogP contribution in [0.15, 0.2) is 24.4 Å². The van der Waals surface area contributed by atoms with E-state index in [2.05, 4.69) is 4.98 Å². The molecule has 1 atom stereocenters. The summed E-state index contributed by atoms with van der Waals surface area (Å²) in [6.07, 6.45) is 1.90. The predicted molar refractivity (Wildman–Crippen MR) is 52.3 cm³/mol. The number of nitrogens with two attached hydrogens (primary N) is 1. The molecule has 2 N–H and O–H groups in total. The number of aromatic nitrogens is 1. The normalized spacial score (nSPS) is 12.1. The summed E-state index contributed by atoms with van der Waals surface area (Å²) in [5.41, 5.74) is 6.19. The summed E-state index contributed by atoms with van der Waals surface area (Å²) in [4.78, 5) is 15.1. The van der Waals surface area contributed by atoms with E-state index in [0.717, 1.165) is 5.69 Å². The van der Waals surface area contributed by atoms with Gasteiger partial charge >= 0.3 is 5.97 Å². The summed E-state index contributed by atoms with van der Waals surface area (Å²) in [5, 5.41) is 0. The number of esters is 1. The van der Waals surface area contributed by atoms with Crippen LogP contribution in [0.1, 0.15) is 19.0 Å². The number of ether oxygens (including phenoxy) is 1. The van der Waals surface area contributed by atoms with Crippen LogP contribution in [0.4, 0.5) is 0 Å². The van der Waals surface area contributed by atoms with Gasteiger partial charge in [-0.2, -0.15) is 0 Å². The minimum atomic E-state index is -0.286. The first-order chi connectivity index (χ1) is 6.68. The maximum Gasteiger partial charge on any atom is 0.307 e. The Hall–Kier alpha value is -1.42. The smallest absolute Gasteiger partial charge is 0.307 e. The lowest BCUT2D eigenvalue weighted by molar-refractivity contribution is -0.145. The van der Waals surface area contributed by atoms with Crippen LogP contribution in [0.2, 0.25) is 0 Å². The maximum absolute atomic E-state index is 11.1. The van der Waals surface area contributed by atoms with E-state index in [1.807, 2.05) is 12.1 Å². The maximum atomic E-state index is 11.1. The van der Waals surface area contributed by atoms with Gasteiger partial charge in [0.15, 0.2) is 0 Å². The van der Waals surface area contributed by atoms with E-state index in [0.29, 0.717) is 0 Å². The molecular formula is C10H14N2O2. The van der Waals surface area contributed by atoms with Gasteiger partial charge < -0.3 is 10.5 Å². The Morgan fingerprint density at radius 1 is 1.64 bits per heavy atom. The average molecular weight is 194 g/mol. The Balaban J connectivity index is 2.31. The van der Waals surface area contributed by atoms with Crippen molar-refractivity contribution in [1.82, 2.24) is 4.98 Å². The van der Waals surface area contributed by atoms with Crippen molar-refractivity contribution in [2.75, 3.05) is 0 Å². The molecule has 0 saturated heterocycles. The third kappa shape index (κ3) is 4.00. The number of rotatable bonds is 4. The van der Waals surface area contributed by atoms with Crippen LogP contribution in [-0.2, 0) is 16.1 Å². The lowest BCUT2D eigenvalue weighted by Crippen LogP contribution is -2.21. The van der Waals surface area contributed by atoms with E-state index in [1.54, 1.807) is 19.2 Å². The molecule has 0 aliphatic carbocycles. The van der Waals surface area contributed by atoms with Crippen molar-refractivity contribution in [3.63, 3.8) is 0 Å². The van der Waals surface area contributed by atoms with Gasteiger partial charge in [-0.25, -0.2) is 0 Å². The number of hydrogen-bond donors (Lipinski definition) is 1. The molecule has 0 aliphatic rings. The van der Waals surface area contributed by atoms with Crippen molar-refractivity contribution < 1.29 is 9.53 Å². The monoisotopic (exact) mass is 194 g/mol. The first-order valence-electron chi connectivity index (χ1n) is 4.49. The van der Waals surface area contributed by atoms with Crippen molar-refractivity contribution in [3.8, 4) is 0 Å². The summed E-state index contributed by atoms with van der Waals surface area (Å²) in [6.45, 7) is 1.98. The van der Waals surface area contributed by atoms with Gasteiger partial charge in [-0.15, -0.1) is 0 Å². The first-order valence-corrected chi connectivity index (χ1v) is 4.49. The molecule has 0 radical (unpaired) electrons. The molecule has 0 fully saturated rings. The van der Waals surface area contributed by atoms with Crippen LogP contribution in [0.5, 0.6) is 0 Å². The highest BCUT2D eigenvalue weighted by Crippen LogP contribution is 1.98. The van der Waals surface area contributed by atoms with Crippen molar-refractivity contribution in [2.45, 2.75) is 26.0 Å².